The molecule has 2 aliphatic rings. The molecule has 26 heavy (non-hydrogen) atoms. The molecular weight excluding hydrogens is 328 g/mol. The Kier molecular flexibility index (Phi) is 5.37. The number of rotatable bonds is 4. The van der Waals surface area contributed by atoms with Gasteiger partial charge in [-0.05, 0) is 38.2 Å². The van der Waals surface area contributed by atoms with Crippen LogP contribution in [0, 0.1) is 6.92 Å². The molecule has 1 heterocycles. The summed E-state index contributed by atoms with van der Waals surface area (Å²) in [5.41, 5.74) is 0.975. The van der Waals surface area contributed by atoms with Gasteiger partial charge in [0.25, 0.3) is 5.91 Å². The Morgan fingerprint density at radius 2 is 1.92 bits per heavy atom. The monoisotopic (exact) mass is 358 g/mol. The lowest BCUT2D eigenvalue weighted by atomic mass is 9.78. The minimum atomic E-state index is -1.48. The summed E-state index contributed by atoms with van der Waals surface area (Å²) < 4.78 is 0. The van der Waals surface area contributed by atoms with Crippen LogP contribution in [0.3, 0.4) is 0 Å². The summed E-state index contributed by atoms with van der Waals surface area (Å²) in [6.07, 6.45) is 5.47. The van der Waals surface area contributed by atoms with Gasteiger partial charge < -0.3 is 15.3 Å². The molecule has 1 atom stereocenters. The van der Waals surface area contributed by atoms with Crippen LogP contribution >= 0.6 is 0 Å². The van der Waals surface area contributed by atoms with Gasteiger partial charge in [-0.3, -0.25) is 9.59 Å². The number of aryl methyl sites for hydroxylation is 1. The molecule has 1 aromatic carbocycles. The van der Waals surface area contributed by atoms with Gasteiger partial charge in [0.05, 0.1) is 6.54 Å². The van der Waals surface area contributed by atoms with Gasteiger partial charge in [0.15, 0.2) is 5.60 Å². The first-order chi connectivity index (χ1) is 12.3. The molecular formula is C21H30N2O3. The summed E-state index contributed by atoms with van der Waals surface area (Å²) in [7, 11) is 0. The molecule has 0 aromatic heterocycles. The van der Waals surface area contributed by atoms with E-state index in [1.54, 1.807) is 4.90 Å². The van der Waals surface area contributed by atoms with Gasteiger partial charge >= 0.3 is 0 Å². The highest BCUT2D eigenvalue weighted by Crippen LogP contribution is 2.41. The van der Waals surface area contributed by atoms with E-state index >= 15 is 0 Å². The van der Waals surface area contributed by atoms with Crippen LogP contribution in [0.15, 0.2) is 24.3 Å². The summed E-state index contributed by atoms with van der Waals surface area (Å²) >= 11 is 0. The van der Waals surface area contributed by atoms with E-state index in [4.69, 9.17) is 0 Å². The number of piperidine rings is 1. The van der Waals surface area contributed by atoms with E-state index in [0.717, 1.165) is 25.7 Å². The second-order valence-electron chi connectivity index (χ2n) is 8.12. The normalized spacial score (nSPS) is 25.1. The second-order valence-corrected chi connectivity index (χ2v) is 8.12. The molecule has 1 aromatic rings. The highest BCUT2D eigenvalue weighted by molar-refractivity contribution is 5.86. The Balaban J connectivity index is 1.71. The third kappa shape index (κ3) is 3.78. The first-order valence-corrected chi connectivity index (χ1v) is 9.68. The molecule has 142 valence electrons. The molecule has 1 aliphatic heterocycles. The number of amides is 2. The third-order valence-electron chi connectivity index (χ3n) is 6.12. The van der Waals surface area contributed by atoms with Crippen molar-refractivity contribution in [2.24, 2.45) is 0 Å². The number of benzene rings is 1. The zero-order chi connectivity index (χ0) is 18.8. The Labute approximate surface area is 155 Å². The zero-order valence-corrected chi connectivity index (χ0v) is 15.9. The maximum atomic E-state index is 12.8. The first-order valence-electron chi connectivity index (χ1n) is 9.68. The van der Waals surface area contributed by atoms with E-state index in [2.05, 4.69) is 36.5 Å². The van der Waals surface area contributed by atoms with E-state index in [0.29, 0.717) is 25.9 Å². The van der Waals surface area contributed by atoms with Crippen LogP contribution in [0.2, 0.25) is 0 Å². The highest BCUT2D eigenvalue weighted by Gasteiger charge is 2.43. The van der Waals surface area contributed by atoms with Gasteiger partial charge in [0.1, 0.15) is 0 Å². The topological polar surface area (TPSA) is 69.6 Å². The molecule has 5 nitrogen and oxygen atoms in total. The van der Waals surface area contributed by atoms with Crippen molar-refractivity contribution in [1.82, 2.24) is 10.2 Å². The standard InChI is InChI=1S/C21H30N2O3/c1-16-7-5-8-18(13-16)20(9-3-4-10-20)14-22-19(25)21(26)11-6-12-23(15-21)17(2)24/h5,7-8,13,26H,3-4,6,9-12,14-15H2,1-2H3,(H,22,25). The van der Waals surface area contributed by atoms with E-state index in [9.17, 15) is 14.7 Å². The maximum Gasteiger partial charge on any atom is 0.253 e. The van der Waals surface area contributed by atoms with Crippen molar-refractivity contribution in [2.75, 3.05) is 19.6 Å². The molecule has 1 unspecified atom stereocenters. The Morgan fingerprint density at radius 3 is 2.58 bits per heavy atom. The maximum absolute atomic E-state index is 12.8. The molecule has 1 aliphatic carbocycles. The van der Waals surface area contributed by atoms with Gasteiger partial charge in [-0.25, -0.2) is 0 Å². The lowest BCUT2D eigenvalue weighted by molar-refractivity contribution is -0.150. The zero-order valence-electron chi connectivity index (χ0n) is 15.9. The fourth-order valence-corrected chi connectivity index (χ4v) is 4.50. The van der Waals surface area contributed by atoms with Crippen LogP contribution in [0.25, 0.3) is 0 Å². The van der Waals surface area contributed by atoms with Gasteiger partial charge in [0, 0.05) is 25.4 Å². The van der Waals surface area contributed by atoms with Crippen molar-refractivity contribution < 1.29 is 14.7 Å². The SMILES string of the molecule is CC(=O)N1CCCC(O)(C(=O)NCC2(c3cccc(C)c3)CCCC2)C1. The molecule has 0 radical (unpaired) electrons. The van der Waals surface area contributed by atoms with Gasteiger partial charge in [-0.15, -0.1) is 0 Å². The number of carbonyl (C=O) groups is 2. The summed E-state index contributed by atoms with van der Waals surface area (Å²) in [5, 5.41) is 13.9. The number of β-amino-alcohol motifs (C(OH)–C–C–N with tert-alkyl or cyclic N) is 1. The van der Waals surface area contributed by atoms with Crippen LogP contribution in [0.1, 0.15) is 56.6 Å². The molecule has 5 heteroatoms. The minimum absolute atomic E-state index is 0.0486. The lowest BCUT2D eigenvalue weighted by Crippen LogP contribution is -2.59. The Hall–Kier alpha value is -1.88. The van der Waals surface area contributed by atoms with E-state index in [-0.39, 0.29) is 23.8 Å². The number of hydrogen-bond acceptors (Lipinski definition) is 3. The Morgan fingerprint density at radius 1 is 1.19 bits per heavy atom. The van der Waals surface area contributed by atoms with E-state index in [1.165, 1.54) is 18.1 Å². The number of carbonyl (C=O) groups excluding carboxylic acids is 2. The van der Waals surface area contributed by atoms with Gasteiger partial charge in [0.2, 0.25) is 5.91 Å². The molecule has 0 bridgehead atoms. The van der Waals surface area contributed by atoms with Crippen LogP contribution < -0.4 is 5.32 Å². The average Bonchev–Trinajstić information content (AvgIpc) is 3.10. The third-order valence-corrected chi connectivity index (χ3v) is 6.12. The van der Waals surface area contributed by atoms with Crippen molar-refractivity contribution in [3.05, 3.63) is 35.4 Å². The smallest absolute Gasteiger partial charge is 0.253 e. The molecule has 1 saturated heterocycles. The van der Waals surface area contributed by atoms with Gasteiger partial charge in [-0.1, -0.05) is 42.7 Å². The first kappa shape index (κ1) is 18.9. The number of aliphatic hydroxyl groups is 1. The molecule has 2 amide bonds. The summed E-state index contributed by atoms with van der Waals surface area (Å²) in [4.78, 5) is 26.0. The van der Waals surface area contributed by atoms with Crippen molar-refractivity contribution in [3.8, 4) is 0 Å². The van der Waals surface area contributed by atoms with E-state index < -0.39 is 5.60 Å². The largest absolute Gasteiger partial charge is 0.378 e. The fourth-order valence-electron chi connectivity index (χ4n) is 4.50. The van der Waals surface area contributed by atoms with Gasteiger partial charge in [-0.2, -0.15) is 0 Å². The molecule has 0 spiro atoms. The number of likely N-dealkylation sites (tertiary alicyclic amines) is 1. The molecule has 3 rings (SSSR count). The van der Waals surface area contributed by atoms with Crippen LogP contribution in [-0.2, 0) is 15.0 Å². The Bertz CT molecular complexity index is 682. The van der Waals surface area contributed by atoms with Crippen LogP contribution in [-0.4, -0.2) is 47.1 Å². The number of nitrogens with zero attached hydrogens (tertiary/aromatic N) is 1. The highest BCUT2D eigenvalue weighted by atomic mass is 16.3. The van der Waals surface area contributed by atoms with Crippen molar-refractivity contribution in [2.45, 2.75) is 63.4 Å². The quantitative estimate of drug-likeness (QED) is 0.868. The van der Waals surface area contributed by atoms with Crippen molar-refractivity contribution >= 4 is 11.8 Å². The summed E-state index contributed by atoms with van der Waals surface area (Å²) in [6, 6.07) is 8.53. The van der Waals surface area contributed by atoms with Crippen LogP contribution in [0.5, 0.6) is 0 Å². The fraction of sp³-hybridized carbons (Fsp3) is 0.619. The van der Waals surface area contributed by atoms with Crippen LogP contribution in [0.4, 0.5) is 0 Å². The predicted molar refractivity (Wildman–Crippen MR) is 101 cm³/mol. The lowest BCUT2D eigenvalue weighted by Gasteiger charge is -2.38. The molecule has 2 fully saturated rings. The predicted octanol–water partition coefficient (Wildman–Crippen LogP) is 2.30. The summed E-state index contributed by atoms with van der Waals surface area (Å²) in [6.45, 7) is 4.81. The summed E-state index contributed by atoms with van der Waals surface area (Å²) in [5.74, 6) is -0.440. The minimum Gasteiger partial charge on any atom is -0.378 e. The second kappa shape index (κ2) is 7.39. The molecule has 1 saturated carbocycles. The average molecular weight is 358 g/mol. The van der Waals surface area contributed by atoms with Crippen molar-refractivity contribution in [1.29, 1.82) is 0 Å². The number of nitrogens with one attached hydrogen (secondary N) is 1. The van der Waals surface area contributed by atoms with E-state index in [1.807, 2.05) is 0 Å². The molecule has 2 N–H and O–H groups in total. The number of hydrogen-bond donors (Lipinski definition) is 2. The van der Waals surface area contributed by atoms with Crippen molar-refractivity contribution in [3.63, 3.8) is 0 Å².